The summed E-state index contributed by atoms with van der Waals surface area (Å²) in [5.74, 6) is 0.489. The molecule has 1 aliphatic carbocycles. The quantitative estimate of drug-likeness (QED) is 0.763. The largest absolute Gasteiger partial charge is 0.352 e. The van der Waals surface area contributed by atoms with E-state index >= 15 is 0 Å². The molecule has 1 aliphatic heterocycles. The lowest BCUT2D eigenvalue weighted by atomic mass is 9.88. The number of rotatable bonds is 7. The van der Waals surface area contributed by atoms with Crippen molar-refractivity contribution in [3.8, 4) is 0 Å². The Morgan fingerprint density at radius 1 is 1.26 bits per heavy atom. The molecule has 0 unspecified atom stereocenters. The predicted molar refractivity (Wildman–Crippen MR) is 104 cm³/mol. The van der Waals surface area contributed by atoms with Crippen molar-refractivity contribution < 1.29 is 9.59 Å². The highest BCUT2D eigenvalue weighted by atomic mass is 16.2. The number of nitrogens with zero attached hydrogens (tertiary/aromatic N) is 3. The van der Waals surface area contributed by atoms with Crippen LogP contribution in [0.2, 0.25) is 0 Å². The van der Waals surface area contributed by atoms with Crippen molar-refractivity contribution in [3.63, 3.8) is 0 Å². The summed E-state index contributed by atoms with van der Waals surface area (Å²) in [5.41, 5.74) is 0.992. The van der Waals surface area contributed by atoms with Crippen molar-refractivity contribution in [2.45, 2.75) is 71.0 Å². The average Bonchev–Trinajstić information content (AvgIpc) is 3.33. The van der Waals surface area contributed by atoms with Crippen molar-refractivity contribution in [3.05, 3.63) is 18.2 Å². The van der Waals surface area contributed by atoms with E-state index in [9.17, 15) is 9.59 Å². The van der Waals surface area contributed by atoms with Gasteiger partial charge in [-0.2, -0.15) is 0 Å². The van der Waals surface area contributed by atoms with E-state index in [1.807, 2.05) is 18.7 Å². The number of likely N-dealkylation sites (N-methyl/N-ethyl adjacent to an activating group) is 1. The number of amides is 2. The van der Waals surface area contributed by atoms with E-state index in [4.69, 9.17) is 0 Å². The predicted octanol–water partition coefficient (Wildman–Crippen LogP) is 1.92. The minimum absolute atomic E-state index is 0.0341. The normalized spacial score (nSPS) is 24.1. The molecule has 7 nitrogen and oxygen atoms in total. The third-order valence-electron chi connectivity index (χ3n) is 6.01. The Kier molecular flexibility index (Phi) is 6.88. The zero-order chi connectivity index (χ0) is 19.2. The average molecular weight is 376 g/mol. The summed E-state index contributed by atoms with van der Waals surface area (Å²) in [4.78, 5) is 37.0. The van der Waals surface area contributed by atoms with Gasteiger partial charge in [-0.1, -0.05) is 19.3 Å². The van der Waals surface area contributed by atoms with Gasteiger partial charge in [0.2, 0.25) is 11.8 Å². The van der Waals surface area contributed by atoms with Crippen molar-refractivity contribution >= 4 is 11.8 Å². The molecule has 27 heavy (non-hydrogen) atoms. The van der Waals surface area contributed by atoms with Gasteiger partial charge < -0.3 is 15.2 Å². The Balaban J connectivity index is 1.66. The van der Waals surface area contributed by atoms with Crippen LogP contribution in [0, 0.1) is 5.92 Å². The molecule has 2 N–H and O–H groups in total. The van der Waals surface area contributed by atoms with Gasteiger partial charge in [0.25, 0.3) is 0 Å². The molecule has 2 amide bonds. The van der Waals surface area contributed by atoms with Crippen molar-refractivity contribution in [2.75, 3.05) is 19.6 Å². The fourth-order valence-corrected chi connectivity index (χ4v) is 4.46. The molecule has 0 aromatic carbocycles. The maximum atomic E-state index is 13.0. The maximum absolute atomic E-state index is 13.0. The van der Waals surface area contributed by atoms with E-state index in [1.54, 1.807) is 12.5 Å². The number of nitrogens with one attached hydrogen (secondary N) is 2. The third-order valence-corrected chi connectivity index (χ3v) is 6.01. The Morgan fingerprint density at radius 3 is 2.63 bits per heavy atom. The Morgan fingerprint density at radius 2 is 2.00 bits per heavy atom. The molecule has 1 aromatic rings. The van der Waals surface area contributed by atoms with Crippen LogP contribution in [0.15, 0.2) is 12.5 Å². The molecule has 0 spiro atoms. The lowest BCUT2D eigenvalue weighted by molar-refractivity contribution is -0.136. The minimum atomic E-state index is -0.190. The molecule has 0 bridgehead atoms. The SMILES string of the molecule is CCN(CC)C(=O)[C@@H]1C[C@@H](NC(=O)C2CCCCC2)CN1Cc1cnc[nH]1. The van der Waals surface area contributed by atoms with E-state index in [0.29, 0.717) is 32.6 Å². The molecule has 150 valence electrons. The number of hydrogen-bond donors (Lipinski definition) is 2. The second kappa shape index (κ2) is 9.35. The smallest absolute Gasteiger partial charge is 0.240 e. The Bertz CT molecular complexity index is 608. The van der Waals surface area contributed by atoms with Gasteiger partial charge in [0, 0.05) is 50.0 Å². The maximum Gasteiger partial charge on any atom is 0.240 e. The lowest BCUT2D eigenvalue weighted by Gasteiger charge is -2.28. The second-order valence-electron chi connectivity index (χ2n) is 7.81. The van der Waals surface area contributed by atoms with E-state index in [0.717, 1.165) is 31.4 Å². The molecule has 2 atom stereocenters. The zero-order valence-corrected chi connectivity index (χ0v) is 16.6. The summed E-state index contributed by atoms with van der Waals surface area (Å²) >= 11 is 0. The third kappa shape index (κ3) is 4.89. The number of carbonyl (C=O) groups excluding carboxylic acids is 2. The van der Waals surface area contributed by atoms with Gasteiger partial charge in [-0.15, -0.1) is 0 Å². The van der Waals surface area contributed by atoms with Crippen LogP contribution in [0.25, 0.3) is 0 Å². The van der Waals surface area contributed by atoms with Crippen LogP contribution in [0.4, 0.5) is 0 Å². The molecule has 2 fully saturated rings. The molecule has 1 saturated heterocycles. The number of carbonyl (C=O) groups is 2. The van der Waals surface area contributed by atoms with Crippen LogP contribution in [0.1, 0.15) is 58.1 Å². The molecule has 2 heterocycles. The molecule has 0 radical (unpaired) electrons. The number of aromatic amines is 1. The molecule has 1 aromatic heterocycles. The summed E-state index contributed by atoms with van der Waals surface area (Å²) in [6.07, 6.45) is 9.68. The minimum Gasteiger partial charge on any atom is -0.352 e. The lowest BCUT2D eigenvalue weighted by Crippen LogP contribution is -2.45. The second-order valence-corrected chi connectivity index (χ2v) is 7.81. The molecular formula is C20H33N5O2. The number of H-pyrrole nitrogens is 1. The van der Waals surface area contributed by atoms with Crippen LogP contribution >= 0.6 is 0 Å². The van der Waals surface area contributed by atoms with E-state index in [-0.39, 0.29) is 29.8 Å². The van der Waals surface area contributed by atoms with Crippen LogP contribution in [0.5, 0.6) is 0 Å². The number of likely N-dealkylation sites (tertiary alicyclic amines) is 1. The van der Waals surface area contributed by atoms with Crippen LogP contribution < -0.4 is 5.32 Å². The standard InChI is InChI=1S/C20H33N5O2/c1-3-24(4-2)20(27)18-10-16(12-25(18)13-17-11-21-14-22-17)23-19(26)15-8-6-5-7-9-15/h11,14-16,18H,3-10,12-13H2,1-2H3,(H,21,22)(H,23,26)/t16-,18+/m1/s1. The zero-order valence-electron chi connectivity index (χ0n) is 16.6. The van der Waals surface area contributed by atoms with Gasteiger partial charge in [-0.25, -0.2) is 4.98 Å². The monoisotopic (exact) mass is 375 g/mol. The van der Waals surface area contributed by atoms with Crippen molar-refractivity contribution in [2.24, 2.45) is 5.92 Å². The highest BCUT2D eigenvalue weighted by Gasteiger charge is 2.39. The van der Waals surface area contributed by atoms with Gasteiger partial charge in [0.15, 0.2) is 0 Å². The molecule has 1 saturated carbocycles. The number of imidazole rings is 1. The van der Waals surface area contributed by atoms with Gasteiger partial charge in [-0.3, -0.25) is 14.5 Å². The number of hydrogen-bond acceptors (Lipinski definition) is 4. The van der Waals surface area contributed by atoms with Gasteiger partial charge in [0.1, 0.15) is 0 Å². The first kappa shape index (κ1) is 19.9. The highest BCUT2D eigenvalue weighted by molar-refractivity contribution is 5.83. The first-order valence-corrected chi connectivity index (χ1v) is 10.4. The van der Waals surface area contributed by atoms with Crippen LogP contribution in [0.3, 0.4) is 0 Å². The summed E-state index contributed by atoms with van der Waals surface area (Å²) in [6.45, 7) is 6.80. The summed E-state index contributed by atoms with van der Waals surface area (Å²) in [7, 11) is 0. The summed E-state index contributed by atoms with van der Waals surface area (Å²) < 4.78 is 0. The first-order chi connectivity index (χ1) is 13.1. The fraction of sp³-hybridized carbons (Fsp3) is 0.750. The van der Waals surface area contributed by atoms with Crippen LogP contribution in [-0.4, -0.2) is 63.3 Å². The molecule has 2 aliphatic rings. The molecule has 3 rings (SSSR count). The fourth-order valence-electron chi connectivity index (χ4n) is 4.46. The van der Waals surface area contributed by atoms with Crippen LogP contribution in [-0.2, 0) is 16.1 Å². The van der Waals surface area contributed by atoms with Crippen molar-refractivity contribution in [1.29, 1.82) is 0 Å². The molecule has 7 heteroatoms. The van der Waals surface area contributed by atoms with Gasteiger partial charge >= 0.3 is 0 Å². The Hall–Kier alpha value is -1.89. The highest BCUT2D eigenvalue weighted by Crippen LogP contribution is 2.26. The van der Waals surface area contributed by atoms with Gasteiger partial charge in [0.05, 0.1) is 12.4 Å². The molecular weight excluding hydrogens is 342 g/mol. The van der Waals surface area contributed by atoms with E-state index < -0.39 is 0 Å². The summed E-state index contributed by atoms with van der Waals surface area (Å²) in [5, 5.41) is 3.24. The van der Waals surface area contributed by atoms with E-state index in [1.165, 1.54) is 6.42 Å². The number of aromatic nitrogens is 2. The topological polar surface area (TPSA) is 81.3 Å². The van der Waals surface area contributed by atoms with Crippen molar-refractivity contribution in [1.82, 2.24) is 25.1 Å². The van der Waals surface area contributed by atoms with Gasteiger partial charge in [-0.05, 0) is 33.1 Å². The Labute approximate surface area is 161 Å². The first-order valence-electron chi connectivity index (χ1n) is 10.4. The summed E-state index contributed by atoms with van der Waals surface area (Å²) in [6, 6.07) is -0.156. The van der Waals surface area contributed by atoms with E-state index in [2.05, 4.69) is 20.2 Å².